The largest absolute Gasteiger partial charge is 0.396 e. The van der Waals surface area contributed by atoms with Crippen LogP contribution in [0.3, 0.4) is 0 Å². The van der Waals surface area contributed by atoms with Crippen LogP contribution in [0.15, 0.2) is 60.7 Å². The normalized spacial score (nSPS) is 13.1. The fourth-order valence-corrected chi connectivity index (χ4v) is 2.61. The van der Waals surface area contributed by atoms with Crippen molar-refractivity contribution in [3.8, 4) is 0 Å². The van der Waals surface area contributed by atoms with Crippen LogP contribution in [0.1, 0.15) is 29.5 Å². The zero-order valence-corrected chi connectivity index (χ0v) is 13.6. The number of hydrogen-bond donors (Lipinski definition) is 4. The number of carbonyl (C=O) groups is 1. The van der Waals surface area contributed by atoms with Crippen LogP contribution in [-0.4, -0.2) is 36.0 Å². The molecule has 2 atom stereocenters. The molecule has 128 valence electrons. The van der Waals surface area contributed by atoms with Gasteiger partial charge in [-0.15, -0.1) is 0 Å². The van der Waals surface area contributed by atoms with Gasteiger partial charge in [-0.3, -0.25) is 0 Å². The fraction of sp³-hybridized carbons (Fsp3) is 0.316. The van der Waals surface area contributed by atoms with Crippen LogP contribution in [-0.2, 0) is 0 Å². The Balaban J connectivity index is 1.91. The van der Waals surface area contributed by atoms with Crippen LogP contribution >= 0.6 is 0 Å². The zero-order chi connectivity index (χ0) is 17.2. The summed E-state index contributed by atoms with van der Waals surface area (Å²) in [5, 5.41) is 24.3. The monoisotopic (exact) mass is 328 g/mol. The Kier molecular flexibility index (Phi) is 7.26. The molecule has 0 bridgehead atoms. The molecule has 4 N–H and O–H groups in total. The summed E-state index contributed by atoms with van der Waals surface area (Å²) in [5.41, 5.74) is 1.93. The van der Waals surface area contributed by atoms with Crippen molar-refractivity contribution in [3.63, 3.8) is 0 Å². The van der Waals surface area contributed by atoms with Crippen molar-refractivity contribution in [2.75, 3.05) is 19.8 Å². The van der Waals surface area contributed by atoms with Gasteiger partial charge < -0.3 is 20.8 Å². The number of aliphatic hydroxyl groups is 2. The summed E-state index contributed by atoms with van der Waals surface area (Å²) in [5.74, 6) is 0.0475. The predicted molar refractivity (Wildman–Crippen MR) is 93.7 cm³/mol. The molecule has 0 aliphatic heterocycles. The second-order valence-electron chi connectivity index (χ2n) is 5.62. The number of carbonyl (C=O) groups excluding carboxylic acids is 1. The summed E-state index contributed by atoms with van der Waals surface area (Å²) in [6.07, 6.45) is 0.576. The highest BCUT2D eigenvalue weighted by molar-refractivity contribution is 5.74. The Morgan fingerprint density at radius 3 is 2.04 bits per heavy atom. The molecular weight excluding hydrogens is 304 g/mol. The molecule has 2 aromatic rings. The van der Waals surface area contributed by atoms with E-state index in [1.54, 1.807) is 0 Å². The van der Waals surface area contributed by atoms with Crippen molar-refractivity contribution in [2.45, 2.75) is 18.4 Å². The van der Waals surface area contributed by atoms with Crippen LogP contribution in [0.25, 0.3) is 0 Å². The molecule has 0 radical (unpaired) electrons. The molecule has 5 heteroatoms. The van der Waals surface area contributed by atoms with Crippen molar-refractivity contribution in [3.05, 3.63) is 71.8 Å². The standard InChI is InChI=1S/C19H24N2O3/c22-12-11-17(15-7-3-1-4-8-15)13-20-19(24)21-18(14-23)16-9-5-2-6-10-16/h1-10,17-18,22-23H,11-14H2,(H2,20,21,24). The molecule has 0 aromatic heterocycles. The van der Waals surface area contributed by atoms with Crippen LogP contribution in [0.2, 0.25) is 0 Å². The lowest BCUT2D eigenvalue weighted by Crippen LogP contribution is -2.41. The molecule has 2 aromatic carbocycles. The van der Waals surface area contributed by atoms with E-state index in [1.165, 1.54) is 0 Å². The molecule has 2 unspecified atom stereocenters. The number of rotatable bonds is 8. The maximum absolute atomic E-state index is 12.1. The van der Waals surface area contributed by atoms with Crippen LogP contribution in [0, 0.1) is 0 Å². The molecule has 24 heavy (non-hydrogen) atoms. The second-order valence-corrected chi connectivity index (χ2v) is 5.62. The molecule has 0 aliphatic rings. The van der Waals surface area contributed by atoms with Gasteiger partial charge in [0.05, 0.1) is 12.6 Å². The molecule has 0 aliphatic carbocycles. The lowest BCUT2D eigenvalue weighted by atomic mass is 9.96. The first-order valence-corrected chi connectivity index (χ1v) is 8.10. The number of amides is 2. The fourth-order valence-electron chi connectivity index (χ4n) is 2.61. The van der Waals surface area contributed by atoms with Crippen molar-refractivity contribution >= 4 is 6.03 Å². The Morgan fingerprint density at radius 2 is 1.50 bits per heavy atom. The summed E-state index contributed by atoms with van der Waals surface area (Å²) in [4.78, 5) is 12.1. The maximum Gasteiger partial charge on any atom is 0.315 e. The van der Waals surface area contributed by atoms with Gasteiger partial charge in [0.1, 0.15) is 0 Å². The Hall–Kier alpha value is -2.37. The average molecular weight is 328 g/mol. The van der Waals surface area contributed by atoms with Gasteiger partial charge in [0.15, 0.2) is 0 Å². The minimum atomic E-state index is -0.445. The van der Waals surface area contributed by atoms with Crippen molar-refractivity contribution in [1.29, 1.82) is 0 Å². The van der Waals surface area contributed by atoms with Crippen LogP contribution in [0.4, 0.5) is 4.79 Å². The number of benzene rings is 2. The van der Waals surface area contributed by atoms with Crippen molar-refractivity contribution in [1.82, 2.24) is 10.6 Å². The highest BCUT2D eigenvalue weighted by Crippen LogP contribution is 2.18. The Bertz CT molecular complexity index is 605. The highest BCUT2D eigenvalue weighted by atomic mass is 16.3. The molecule has 2 amide bonds. The van der Waals surface area contributed by atoms with Gasteiger partial charge >= 0.3 is 6.03 Å². The minimum absolute atomic E-state index is 0.0475. The molecule has 5 nitrogen and oxygen atoms in total. The maximum atomic E-state index is 12.1. The van der Waals surface area contributed by atoms with Crippen LogP contribution < -0.4 is 10.6 Å². The van der Waals surface area contributed by atoms with Gasteiger partial charge in [-0.1, -0.05) is 60.7 Å². The van der Waals surface area contributed by atoms with E-state index in [0.717, 1.165) is 11.1 Å². The lowest BCUT2D eigenvalue weighted by molar-refractivity contribution is 0.215. The lowest BCUT2D eigenvalue weighted by Gasteiger charge is -2.20. The molecule has 0 heterocycles. The minimum Gasteiger partial charge on any atom is -0.396 e. The number of aliphatic hydroxyl groups excluding tert-OH is 2. The van der Waals surface area contributed by atoms with E-state index in [0.29, 0.717) is 13.0 Å². The summed E-state index contributed by atoms with van der Waals surface area (Å²) in [6.45, 7) is 0.311. The van der Waals surface area contributed by atoms with E-state index in [4.69, 9.17) is 0 Å². The van der Waals surface area contributed by atoms with E-state index >= 15 is 0 Å². The van der Waals surface area contributed by atoms with Crippen LogP contribution in [0.5, 0.6) is 0 Å². The smallest absolute Gasteiger partial charge is 0.315 e. The summed E-state index contributed by atoms with van der Waals surface area (Å²) >= 11 is 0. The quantitative estimate of drug-likeness (QED) is 0.599. The Labute approximate surface area is 142 Å². The van der Waals surface area contributed by atoms with Gasteiger partial charge in [-0.05, 0) is 17.5 Å². The first-order valence-electron chi connectivity index (χ1n) is 8.10. The average Bonchev–Trinajstić information content (AvgIpc) is 2.64. The van der Waals surface area contributed by atoms with E-state index in [9.17, 15) is 15.0 Å². The molecular formula is C19H24N2O3. The van der Waals surface area contributed by atoms with Gasteiger partial charge in [-0.25, -0.2) is 4.79 Å². The predicted octanol–water partition coefficient (Wildman–Crippen LogP) is 2.19. The first-order chi connectivity index (χ1) is 11.7. The van der Waals surface area contributed by atoms with Gasteiger partial charge in [0.25, 0.3) is 0 Å². The third-order valence-electron chi connectivity index (χ3n) is 3.95. The summed E-state index contributed by atoms with van der Waals surface area (Å²) in [7, 11) is 0. The first kappa shape index (κ1) is 18.0. The molecule has 0 spiro atoms. The van der Waals surface area contributed by atoms with E-state index in [2.05, 4.69) is 10.6 Å². The van der Waals surface area contributed by atoms with Crippen molar-refractivity contribution < 1.29 is 15.0 Å². The van der Waals surface area contributed by atoms with Gasteiger partial charge in [-0.2, -0.15) is 0 Å². The number of urea groups is 1. The zero-order valence-electron chi connectivity index (χ0n) is 13.6. The number of hydrogen-bond acceptors (Lipinski definition) is 3. The SMILES string of the molecule is O=C(NCC(CCO)c1ccccc1)NC(CO)c1ccccc1. The molecule has 2 rings (SSSR count). The van der Waals surface area contributed by atoms with E-state index < -0.39 is 6.04 Å². The Morgan fingerprint density at radius 1 is 0.917 bits per heavy atom. The topological polar surface area (TPSA) is 81.6 Å². The molecule has 0 fully saturated rings. The summed E-state index contributed by atoms with van der Waals surface area (Å²) in [6, 6.07) is 18.3. The van der Waals surface area contributed by atoms with Gasteiger partial charge in [0.2, 0.25) is 0 Å². The van der Waals surface area contributed by atoms with Crippen molar-refractivity contribution in [2.24, 2.45) is 0 Å². The number of nitrogens with one attached hydrogen (secondary N) is 2. The third-order valence-corrected chi connectivity index (χ3v) is 3.95. The highest BCUT2D eigenvalue weighted by Gasteiger charge is 2.15. The second kappa shape index (κ2) is 9.70. The molecule has 0 saturated carbocycles. The van der Waals surface area contributed by atoms with E-state index in [1.807, 2.05) is 60.7 Å². The van der Waals surface area contributed by atoms with E-state index in [-0.39, 0.29) is 25.2 Å². The summed E-state index contributed by atoms with van der Waals surface area (Å²) < 4.78 is 0. The van der Waals surface area contributed by atoms with Gasteiger partial charge in [0, 0.05) is 19.1 Å². The molecule has 0 saturated heterocycles. The third kappa shape index (κ3) is 5.37.